The van der Waals surface area contributed by atoms with E-state index >= 15 is 0 Å². The molecule has 1 aromatic carbocycles. The quantitative estimate of drug-likeness (QED) is 0.821. The van der Waals surface area contributed by atoms with E-state index in [1.807, 2.05) is 6.92 Å². The van der Waals surface area contributed by atoms with Crippen molar-refractivity contribution >= 4 is 22.6 Å². The third-order valence-corrected chi connectivity index (χ3v) is 4.51. The van der Waals surface area contributed by atoms with E-state index in [4.69, 9.17) is 20.8 Å². The van der Waals surface area contributed by atoms with Crippen molar-refractivity contribution in [3.8, 4) is 5.75 Å². The molecular weight excluding hydrogens is 318 g/mol. The summed E-state index contributed by atoms with van der Waals surface area (Å²) in [5, 5.41) is 14.6. The van der Waals surface area contributed by atoms with E-state index in [0.29, 0.717) is 30.7 Å². The highest BCUT2D eigenvalue weighted by Crippen LogP contribution is 2.35. The van der Waals surface area contributed by atoms with Gasteiger partial charge in [0.05, 0.1) is 16.7 Å². The molecule has 1 aliphatic rings. The summed E-state index contributed by atoms with van der Waals surface area (Å²) in [5.74, 6) is -0.0459. The zero-order valence-corrected chi connectivity index (χ0v) is 13.8. The predicted octanol–water partition coefficient (Wildman–Crippen LogP) is 2.98. The number of ether oxygens (including phenoxy) is 1. The fourth-order valence-corrected chi connectivity index (χ4v) is 3.22. The Morgan fingerprint density at radius 2 is 2.26 bits per heavy atom. The number of nitrogens with one attached hydrogen (secondary N) is 1. The van der Waals surface area contributed by atoms with Crippen molar-refractivity contribution in [2.24, 2.45) is 0 Å². The van der Waals surface area contributed by atoms with Gasteiger partial charge in [-0.15, -0.1) is 0 Å². The summed E-state index contributed by atoms with van der Waals surface area (Å²) in [6.45, 7) is 3.81. The average molecular weight is 338 g/mol. The van der Waals surface area contributed by atoms with Gasteiger partial charge in [-0.1, -0.05) is 18.5 Å². The van der Waals surface area contributed by atoms with Crippen LogP contribution in [-0.2, 0) is 17.7 Å². The van der Waals surface area contributed by atoms with Crippen LogP contribution in [0.4, 0.5) is 0 Å². The number of aromatic hydroxyl groups is 1. The Hall–Kier alpha value is -1.56. The number of aryl methyl sites for hydroxylation is 1. The number of benzene rings is 1. The molecule has 1 atom stereocenters. The molecule has 2 N–H and O–H groups in total. The maximum Gasteiger partial charge on any atom is 0.336 e. The monoisotopic (exact) mass is 337 g/mol. The second-order valence-corrected chi connectivity index (χ2v) is 6.18. The lowest BCUT2D eigenvalue weighted by atomic mass is 10.0. The second kappa shape index (κ2) is 6.91. The van der Waals surface area contributed by atoms with Crippen molar-refractivity contribution in [3.63, 3.8) is 0 Å². The standard InChI is InChI=1S/C17H20ClNO4/c1-2-10-6-15(20)23-17-12(10)7-14(18)16(21)13(17)9-19-8-11-4-3-5-22-11/h6-7,11,19,21H,2-5,8-9H2,1H3. The number of rotatable bonds is 5. The van der Waals surface area contributed by atoms with Crippen molar-refractivity contribution in [1.29, 1.82) is 0 Å². The lowest BCUT2D eigenvalue weighted by Crippen LogP contribution is -2.26. The Kier molecular flexibility index (Phi) is 4.90. The highest BCUT2D eigenvalue weighted by atomic mass is 35.5. The molecule has 23 heavy (non-hydrogen) atoms. The Labute approximate surface area is 139 Å². The summed E-state index contributed by atoms with van der Waals surface area (Å²) < 4.78 is 10.9. The van der Waals surface area contributed by atoms with Crippen LogP contribution in [-0.4, -0.2) is 24.4 Å². The summed E-state index contributed by atoms with van der Waals surface area (Å²) in [4.78, 5) is 11.8. The van der Waals surface area contributed by atoms with Crippen molar-refractivity contribution < 1.29 is 14.3 Å². The molecular formula is C17H20ClNO4. The number of hydrogen-bond donors (Lipinski definition) is 2. The van der Waals surface area contributed by atoms with E-state index < -0.39 is 5.63 Å². The fraction of sp³-hybridized carbons (Fsp3) is 0.471. The van der Waals surface area contributed by atoms with Gasteiger partial charge in [-0.25, -0.2) is 4.79 Å². The van der Waals surface area contributed by atoms with Gasteiger partial charge in [-0.2, -0.15) is 0 Å². The van der Waals surface area contributed by atoms with E-state index in [1.54, 1.807) is 6.07 Å². The molecule has 0 amide bonds. The molecule has 0 spiro atoms. The minimum atomic E-state index is -0.420. The Bertz CT molecular complexity index is 765. The zero-order valence-electron chi connectivity index (χ0n) is 13.0. The summed E-state index contributed by atoms with van der Waals surface area (Å²) in [7, 11) is 0. The first-order chi connectivity index (χ1) is 11.1. The van der Waals surface area contributed by atoms with Crippen LogP contribution >= 0.6 is 11.6 Å². The van der Waals surface area contributed by atoms with Gasteiger partial charge in [0, 0.05) is 31.1 Å². The minimum Gasteiger partial charge on any atom is -0.506 e. The van der Waals surface area contributed by atoms with Crippen LogP contribution in [0, 0.1) is 0 Å². The van der Waals surface area contributed by atoms with Gasteiger partial charge in [-0.3, -0.25) is 0 Å². The van der Waals surface area contributed by atoms with E-state index in [1.165, 1.54) is 6.07 Å². The third-order valence-electron chi connectivity index (χ3n) is 4.22. The highest BCUT2D eigenvalue weighted by molar-refractivity contribution is 6.33. The smallest absolute Gasteiger partial charge is 0.336 e. The summed E-state index contributed by atoms with van der Waals surface area (Å²) in [6.07, 6.45) is 2.99. The molecule has 6 heteroatoms. The molecule has 1 aliphatic heterocycles. The van der Waals surface area contributed by atoms with Crippen molar-refractivity contribution in [1.82, 2.24) is 5.32 Å². The second-order valence-electron chi connectivity index (χ2n) is 5.77. The molecule has 2 heterocycles. The maximum atomic E-state index is 11.8. The van der Waals surface area contributed by atoms with E-state index in [0.717, 1.165) is 30.4 Å². The number of fused-ring (bicyclic) bond motifs is 1. The Morgan fingerprint density at radius 3 is 2.96 bits per heavy atom. The topological polar surface area (TPSA) is 71.7 Å². The van der Waals surface area contributed by atoms with Crippen LogP contribution in [0.5, 0.6) is 5.75 Å². The van der Waals surface area contributed by atoms with Gasteiger partial charge in [0.25, 0.3) is 0 Å². The van der Waals surface area contributed by atoms with Crippen LogP contribution in [0.3, 0.4) is 0 Å². The Balaban J connectivity index is 1.95. The molecule has 0 saturated carbocycles. The van der Waals surface area contributed by atoms with Gasteiger partial charge in [0.2, 0.25) is 0 Å². The van der Waals surface area contributed by atoms with Crippen molar-refractivity contribution in [2.75, 3.05) is 13.2 Å². The van der Waals surface area contributed by atoms with Gasteiger partial charge in [-0.05, 0) is 30.9 Å². The lowest BCUT2D eigenvalue weighted by molar-refractivity contribution is 0.110. The van der Waals surface area contributed by atoms with Crippen molar-refractivity contribution in [2.45, 2.75) is 38.8 Å². The number of phenolic OH excluding ortho intramolecular Hbond substituents is 1. The van der Waals surface area contributed by atoms with E-state index in [2.05, 4.69) is 5.32 Å². The van der Waals surface area contributed by atoms with Gasteiger partial charge in [0.15, 0.2) is 0 Å². The van der Waals surface area contributed by atoms with Gasteiger partial charge in [0.1, 0.15) is 11.3 Å². The number of phenols is 1. The largest absolute Gasteiger partial charge is 0.506 e. The predicted molar refractivity (Wildman–Crippen MR) is 89.2 cm³/mol. The Morgan fingerprint density at radius 1 is 1.43 bits per heavy atom. The van der Waals surface area contributed by atoms with Crippen LogP contribution in [0.15, 0.2) is 21.3 Å². The van der Waals surface area contributed by atoms with Crippen LogP contribution in [0.1, 0.15) is 30.9 Å². The van der Waals surface area contributed by atoms with Crippen molar-refractivity contribution in [3.05, 3.63) is 38.7 Å². The first kappa shape index (κ1) is 16.3. The van der Waals surface area contributed by atoms with Crippen LogP contribution in [0.25, 0.3) is 11.0 Å². The highest BCUT2D eigenvalue weighted by Gasteiger charge is 2.18. The summed E-state index contributed by atoms with van der Waals surface area (Å²) in [5.41, 5.74) is 1.35. The first-order valence-electron chi connectivity index (χ1n) is 7.89. The first-order valence-corrected chi connectivity index (χ1v) is 8.27. The minimum absolute atomic E-state index is 0.0459. The number of hydrogen-bond acceptors (Lipinski definition) is 5. The van der Waals surface area contributed by atoms with E-state index in [-0.39, 0.29) is 16.9 Å². The zero-order chi connectivity index (χ0) is 16.4. The SMILES string of the molecule is CCc1cc(=O)oc2c(CNCC3CCCO3)c(O)c(Cl)cc12. The van der Waals surface area contributed by atoms with Gasteiger partial charge < -0.3 is 19.6 Å². The van der Waals surface area contributed by atoms with Crippen LogP contribution < -0.4 is 10.9 Å². The molecule has 1 saturated heterocycles. The molecule has 0 aliphatic carbocycles. The molecule has 0 bridgehead atoms. The maximum absolute atomic E-state index is 11.8. The fourth-order valence-electron chi connectivity index (χ4n) is 3.00. The third kappa shape index (κ3) is 3.37. The summed E-state index contributed by atoms with van der Waals surface area (Å²) in [6, 6.07) is 3.12. The average Bonchev–Trinajstić information content (AvgIpc) is 3.04. The molecule has 3 rings (SSSR count). The normalized spacial score (nSPS) is 17.9. The molecule has 1 unspecified atom stereocenters. The molecule has 1 fully saturated rings. The molecule has 124 valence electrons. The molecule has 1 aromatic heterocycles. The van der Waals surface area contributed by atoms with Gasteiger partial charge >= 0.3 is 5.63 Å². The number of halogens is 1. The van der Waals surface area contributed by atoms with Crippen LogP contribution in [0.2, 0.25) is 5.02 Å². The van der Waals surface area contributed by atoms with E-state index in [9.17, 15) is 9.90 Å². The summed E-state index contributed by atoms with van der Waals surface area (Å²) >= 11 is 6.15. The lowest BCUT2D eigenvalue weighted by Gasteiger charge is -2.14. The molecule has 5 nitrogen and oxygen atoms in total. The molecule has 2 aromatic rings. The molecule has 0 radical (unpaired) electrons.